The number of aldehydes is 1. The van der Waals surface area contributed by atoms with Crippen LogP contribution in [0.1, 0.15) is 11.7 Å². The summed E-state index contributed by atoms with van der Waals surface area (Å²) in [6.07, 6.45) is -0.0523. The molecule has 5 heteroatoms. The Morgan fingerprint density at radius 2 is 1.81 bits per heavy atom. The zero-order chi connectivity index (χ0) is 12.0. The van der Waals surface area contributed by atoms with Crippen LogP contribution in [0.15, 0.2) is 18.2 Å². The fourth-order valence-corrected chi connectivity index (χ4v) is 1.27. The Hall–Kier alpha value is -1.88. The number of hydrogen-bond acceptors (Lipinski definition) is 5. The zero-order valence-corrected chi connectivity index (χ0v) is 9.01. The van der Waals surface area contributed by atoms with Gasteiger partial charge in [-0.15, -0.1) is 0 Å². The Morgan fingerprint density at radius 1 is 1.12 bits per heavy atom. The van der Waals surface area contributed by atoms with Crippen LogP contribution in [0.5, 0.6) is 11.5 Å². The summed E-state index contributed by atoms with van der Waals surface area (Å²) in [5, 5.41) is 0. The highest BCUT2D eigenvalue weighted by molar-refractivity contribution is 5.62. The molecule has 1 rings (SSSR count). The molecular formula is C11H12O5. The number of carbonyl (C=O) groups excluding carboxylic acids is 2. The first-order valence-corrected chi connectivity index (χ1v) is 4.52. The minimum atomic E-state index is -0.705. The Bertz CT molecular complexity index is 375. The van der Waals surface area contributed by atoms with Gasteiger partial charge in [-0.1, -0.05) is 0 Å². The van der Waals surface area contributed by atoms with E-state index in [2.05, 4.69) is 0 Å². The Morgan fingerprint density at radius 3 is 2.31 bits per heavy atom. The molecule has 0 heterocycles. The topological polar surface area (TPSA) is 61.8 Å². The summed E-state index contributed by atoms with van der Waals surface area (Å²) in [5.74, 6) is 0.784. The van der Waals surface area contributed by atoms with Crippen molar-refractivity contribution in [2.75, 3.05) is 14.2 Å². The third-order valence-electron chi connectivity index (χ3n) is 2.03. The lowest BCUT2D eigenvalue weighted by Crippen LogP contribution is -2.03. The first-order chi connectivity index (χ1) is 7.74. The monoisotopic (exact) mass is 224 g/mol. The average molecular weight is 224 g/mol. The van der Waals surface area contributed by atoms with E-state index in [0.717, 1.165) is 0 Å². The quantitative estimate of drug-likeness (QED) is 0.677. The van der Waals surface area contributed by atoms with Gasteiger partial charge in [-0.3, -0.25) is 4.79 Å². The van der Waals surface area contributed by atoms with Gasteiger partial charge in [-0.2, -0.15) is 0 Å². The van der Waals surface area contributed by atoms with Gasteiger partial charge < -0.3 is 19.0 Å². The lowest BCUT2D eigenvalue weighted by atomic mass is 10.1. The van der Waals surface area contributed by atoms with Crippen LogP contribution in [0.3, 0.4) is 0 Å². The molecule has 0 amide bonds. The minimum Gasteiger partial charge on any atom is -0.497 e. The van der Waals surface area contributed by atoms with Gasteiger partial charge >= 0.3 is 0 Å². The molecular weight excluding hydrogens is 212 g/mol. The van der Waals surface area contributed by atoms with Crippen LogP contribution >= 0.6 is 0 Å². The highest BCUT2D eigenvalue weighted by atomic mass is 16.5. The van der Waals surface area contributed by atoms with Gasteiger partial charge in [0.15, 0.2) is 6.29 Å². The van der Waals surface area contributed by atoms with E-state index in [9.17, 15) is 9.59 Å². The summed E-state index contributed by atoms with van der Waals surface area (Å²) < 4.78 is 14.7. The number of methoxy groups -OCH3 is 2. The molecule has 0 aromatic heterocycles. The van der Waals surface area contributed by atoms with Crippen molar-refractivity contribution < 1.29 is 23.8 Å². The van der Waals surface area contributed by atoms with Crippen molar-refractivity contribution in [3.05, 3.63) is 23.8 Å². The van der Waals surface area contributed by atoms with Crippen LogP contribution in [-0.4, -0.2) is 27.0 Å². The third-order valence-corrected chi connectivity index (χ3v) is 2.03. The molecule has 0 bridgehead atoms. The summed E-state index contributed by atoms with van der Waals surface area (Å²) in [7, 11) is 2.89. The molecule has 0 aliphatic carbocycles. The summed E-state index contributed by atoms with van der Waals surface area (Å²) in [5.41, 5.74) is 0.564. The molecule has 0 saturated carbocycles. The molecule has 0 spiro atoms. The van der Waals surface area contributed by atoms with E-state index in [4.69, 9.17) is 14.2 Å². The van der Waals surface area contributed by atoms with Crippen LogP contribution in [0.2, 0.25) is 0 Å². The second kappa shape index (κ2) is 5.87. The highest BCUT2D eigenvalue weighted by Gasteiger charge is 2.12. The first-order valence-electron chi connectivity index (χ1n) is 4.52. The van der Waals surface area contributed by atoms with Gasteiger partial charge in [0.05, 0.1) is 7.11 Å². The number of rotatable bonds is 6. The molecule has 5 nitrogen and oxygen atoms in total. The van der Waals surface area contributed by atoms with Crippen LogP contribution in [0, 0.1) is 0 Å². The molecule has 0 fully saturated rings. The summed E-state index contributed by atoms with van der Waals surface area (Å²) in [6, 6.07) is 4.72. The SMILES string of the molecule is COc1cc(OC=O)cc(C(C=O)OC)c1. The molecule has 86 valence electrons. The van der Waals surface area contributed by atoms with Gasteiger partial charge in [0.1, 0.15) is 17.6 Å². The second-order valence-corrected chi connectivity index (χ2v) is 2.95. The maximum absolute atomic E-state index is 10.7. The maximum atomic E-state index is 10.7. The van der Waals surface area contributed by atoms with E-state index in [0.29, 0.717) is 29.8 Å². The Balaban J connectivity index is 3.11. The molecule has 1 aromatic carbocycles. The molecule has 0 saturated heterocycles. The van der Waals surface area contributed by atoms with E-state index in [1.54, 1.807) is 12.1 Å². The fourth-order valence-electron chi connectivity index (χ4n) is 1.27. The van der Waals surface area contributed by atoms with E-state index in [1.165, 1.54) is 20.3 Å². The molecule has 0 radical (unpaired) electrons. The predicted octanol–water partition coefficient (Wildman–Crippen LogP) is 1.12. The van der Waals surface area contributed by atoms with Crippen LogP contribution < -0.4 is 9.47 Å². The summed E-state index contributed by atoms with van der Waals surface area (Å²) in [4.78, 5) is 21.0. The fraction of sp³-hybridized carbons (Fsp3) is 0.273. The van der Waals surface area contributed by atoms with Gasteiger partial charge in [-0.05, 0) is 17.7 Å². The lowest BCUT2D eigenvalue weighted by molar-refractivity contribution is -0.120. The minimum absolute atomic E-state index is 0.299. The van der Waals surface area contributed by atoms with Crippen LogP contribution in [0.25, 0.3) is 0 Å². The zero-order valence-electron chi connectivity index (χ0n) is 9.01. The molecule has 1 atom stereocenters. The molecule has 0 aliphatic heterocycles. The second-order valence-electron chi connectivity index (χ2n) is 2.95. The first kappa shape index (κ1) is 12.2. The third kappa shape index (κ3) is 2.80. The van der Waals surface area contributed by atoms with Crippen molar-refractivity contribution in [2.45, 2.75) is 6.10 Å². The smallest absolute Gasteiger partial charge is 0.298 e. The number of ether oxygens (including phenoxy) is 3. The average Bonchev–Trinajstić information content (AvgIpc) is 2.31. The maximum Gasteiger partial charge on any atom is 0.298 e. The molecule has 1 aromatic rings. The number of carbonyl (C=O) groups is 2. The highest BCUT2D eigenvalue weighted by Crippen LogP contribution is 2.26. The molecule has 1 unspecified atom stereocenters. The van der Waals surface area contributed by atoms with Crippen molar-refractivity contribution >= 4 is 12.8 Å². The largest absolute Gasteiger partial charge is 0.497 e. The predicted molar refractivity (Wildman–Crippen MR) is 55.5 cm³/mol. The van der Waals surface area contributed by atoms with E-state index in [1.807, 2.05) is 0 Å². The van der Waals surface area contributed by atoms with Crippen LogP contribution in [0.4, 0.5) is 0 Å². The normalized spacial score (nSPS) is 11.6. The van der Waals surface area contributed by atoms with E-state index >= 15 is 0 Å². The van der Waals surface area contributed by atoms with Gasteiger partial charge in [0.2, 0.25) is 0 Å². The molecule has 16 heavy (non-hydrogen) atoms. The summed E-state index contributed by atoms with van der Waals surface area (Å²) in [6.45, 7) is 0.307. The van der Waals surface area contributed by atoms with E-state index in [-0.39, 0.29) is 0 Å². The standard InChI is InChI=1S/C11H12O5/c1-14-9-3-8(11(6-12)15-2)4-10(5-9)16-7-13/h3-7,11H,1-2H3. The lowest BCUT2D eigenvalue weighted by Gasteiger charge is -2.11. The number of benzene rings is 1. The summed E-state index contributed by atoms with van der Waals surface area (Å²) >= 11 is 0. The van der Waals surface area contributed by atoms with Crippen molar-refractivity contribution in [1.29, 1.82) is 0 Å². The van der Waals surface area contributed by atoms with Crippen molar-refractivity contribution in [3.8, 4) is 11.5 Å². The Labute approximate surface area is 92.9 Å². The van der Waals surface area contributed by atoms with Crippen molar-refractivity contribution in [1.82, 2.24) is 0 Å². The van der Waals surface area contributed by atoms with Gasteiger partial charge in [0.25, 0.3) is 6.47 Å². The number of hydrogen-bond donors (Lipinski definition) is 0. The van der Waals surface area contributed by atoms with Gasteiger partial charge in [-0.25, -0.2) is 0 Å². The Kier molecular flexibility index (Phi) is 4.47. The van der Waals surface area contributed by atoms with Crippen molar-refractivity contribution in [2.24, 2.45) is 0 Å². The van der Waals surface area contributed by atoms with Crippen molar-refractivity contribution in [3.63, 3.8) is 0 Å². The van der Waals surface area contributed by atoms with Crippen LogP contribution in [-0.2, 0) is 14.3 Å². The molecule has 0 aliphatic rings. The van der Waals surface area contributed by atoms with Gasteiger partial charge in [0, 0.05) is 13.2 Å². The molecule has 0 N–H and O–H groups in total. The van der Waals surface area contributed by atoms with E-state index < -0.39 is 6.10 Å².